The molecular weight excluding hydrogens is 366 g/mol. The molecule has 0 saturated carbocycles. The summed E-state index contributed by atoms with van der Waals surface area (Å²) in [5.41, 5.74) is 1.90. The van der Waals surface area contributed by atoms with Crippen LogP contribution in [0.4, 0.5) is 5.69 Å². The fraction of sp³-hybridized carbons (Fsp3) is 0.261. The van der Waals surface area contributed by atoms with Gasteiger partial charge in [-0.15, -0.1) is 0 Å². The van der Waals surface area contributed by atoms with Gasteiger partial charge in [0.1, 0.15) is 0 Å². The number of amides is 1. The fourth-order valence-corrected chi connectivity index (χ4v) is 3.90. The van der Waals surface area contributed by atoms with Gasteiger partial charge in [0.05, 0.1) is 4.92 Å². The quantitative estimate of drug-likeness (QED) is 0.526. The molecule has 148 valence electrons. The number of non-ortho nitro benzene ring substituents is 1. The van der Waals surface area contributed by atoms with Gasteiger partial charge < -0.3 is 5.32 Å². The SMILES string of the molecule is O=C(NC1CCN(Cc2ccc([N+](=O)[O-])cc2)CC1)c1cccc2ccccc12. The summed E-state index contributed by atoms with van der Waals surface area (Å²) < 4.78 is 0. The molecule has 1 amide bonds. The third-order valence-corrected chi connectivity index (χ3v) is 5.51. The second-order valence-electron chi connectivity index (χ2n) is 7.47. The predicted octanol–water partition coefficient (Wildman–Crippen LogP) is 4.14. The van der Waals surface area contributed by atoms with Crippen molar-refractivity contribution in [3.8, 4) is 0 Å². The zero-order valence-electron chi connectivity index (χ0n) is 16.1. The van der Waals surface area contributed by atoms with Crippen LogP contribution in [0.2, 0.25) is 0 Å². The molecule has 0 radical (unpaired) electrons. The van der Waals surface area contributed by atoms with Crippen molar-refractivity contribution in [2.24, 2.45) is 0 Å². The van der Waals surface area contributed by atoms with Gasteiger partial charge in [0, 0.05) is 43.4 Å². The molecule has 0 bridgehead atoms. The number of nitro benzene ring substituents is 1. The third-order valence-electron chi connectivity index (χ3n) is 5.51. The van der Waals surface area contributed by atoms with E-state index in [0.717, 1.165) is 54.4 Å². The maximum absolute atomic E-state index is 12.8. The Morgan fingerprint density at radius 2 is 1.69 bits per heavy atom. The number of fused-ring (bicyclic) bond motifs is 1. The lowest BCUT2D eigenvalue weighted by molar-refractivity contribution is -0.384. The van der Waals surface area contributed by atoms with Gasteiger partial charge in [-0.25, -0.2) is 0 Å². The molecule has 1 aliphatic heterocycles. The van der Waals surface area contributed by atoms with Gasteiger partial charge in [-0.1, -0.05) is 48.5 Å². The predicted molar refractivity (Wildman–Crippen MR) is 113 cm³/mol. The largest absolute Gasteiger partial charge is 0.349 e. The van der Waals surface area contributed by atoms with Gasteiger partial charge in [-0.05, 0) is 35.2 Å². The van der Waals surface area contributed by atoms with Crippen molar-refractivity contribution in [1.82, 2.24) is 10.2 Å². The number of hydrogen-bond acceptors (Lipinski definition) is 4. The maximum Gasteiger partial charge on any atom is 0.269 e. The average molecular weight is 389 g/mol. The first-order chi connectivity index (χ1) is 14.1. The van der Waals surface area contributed by atoms with Gasteiger partial charge in [0.15, 0.2) is 0 Å². The summed E-state index contributed by atoms with van der Waals surface area (Å²) in [6, 6.07) is 20.6. The summed E-state index contributed by atoms with van der Waals surface area (Å²) >= 11 is 0. The molecule has 3 aromatic rings. The molecule has 1 saturated heterocycles. The Hall–Kier alpha value is -3.25. The molecule has 0 aliphatic carbocycles. The number of carbonyl (C=O) groups excluding carboxylic acids is 1. The lowest BCUT2D eigenvalue weighted by atomic mass is 10.0. The van der Waals surface area contributed by atoms with E-state index in [-0.39, 0.29) is 22.6 Å². The Labute approximate surface area is 169 Å². The maximum atomic E-state index is 12.8. The first-order valence-electron chi connectivity index (χ1n) is 9.84. The van der Waals surface area contributed by atoms with Crippen LogP contribution >= 0.6 is 0 Å². The van der Waals surface area contributed by atoms with Crippen molar-refractivity contribution >= 4 is 22.4 Å². The Morgan fingerprint density at radius 1 is 1.00 bits per heavy atom. The van der Waals surface area contributed by atoms with E-state index in [1.807, 2.05) is 54.6 Å². The molecule has 1 fully saturated rings. The zero-order valence-corrected chi connectivity index (χ0v) is 16.1. The van der Waals surface area contributed by atoms with E-state index >= 15 is 0 Å². The van der Waals surface area contributed by atoms with Gasteiger partial charge in [-0.3, -0.25) is 19.8 Å². The summed E-state index contributed by atoms with van der Waals surface area (Å²) in [7, 11) is 0. The minimum atomic E-state index is -0.381. The van der Waals surface area contributed by atoms with Crippen LogP contribution in [-0.2, 0) is 6.54 Å². The van der Waals surface area contributed by atoms with Crippen molar-refractivity contribution in [2.45, 2.75) is 25.4 Å². The number of nitrogens with one attached hydrogen (secondary N) is 1. The van der Waals surface area contributed by atoms with E-state index in [4.69, 9.17) is 0 Å². The highest BCUT2D eigenvalue weighted by molar-refractivity contribution is 6.07. The van der Waals surface area contributed by atoms with Crippen molar-refractivity contribution < 1.29 is 9.72 Å². The Balaban J connectivity index is 1.32. The monoisotopic (exact) mass is 389 g/mol. The standard InChI is InChI=1S/C23H23N3O3/c27-23(22-7-3-5-18-4-1-2-6-21(18)22)24-19-12-14-25(15-13-19)16-17-8-10-20(11-9-17)26(28)29/h1-11,19H,12-16H2,(H,24,27). The fourth-order valence-electron chi connectivity index (χ4n) is 3.90. The number of piperidine rings is 1. The molecule has 1 heterocycles. The molecule has 3 aromatic carbocycles. The zero-order chi connectivity index (χ0) is 20.2. The highest BCUT2D eigenvalue weighted by atomic mass is 16.6. The Morgan fingerprint density at radius 3 is 2.41 bits per heavy atom. The van der Waals surface area contributed by atoms with Gasteiger partial charge in [0.25, 0.3) is 11.6 Å². The topological polar surface area (TPSA) is 75.5 Å². The molecule has 1 N–H and O–H groups in total. The van der Waals surface area contributed by atoms with Crippen LogP contribution in [0.1, 0.15) is 28.8 Å². The van der Waals surface area contributed by atoms with E-state index < -0.39 is 0 Å². The normalized spacial score (nSPS) is 15.3. The summed E-state index contributed by atoms with van der Waals surface area (Å²) in [4.78, 5) is 25.5. The summed E-state index contributed by atoms with van der Waals surface area (Å²) in [6.07, 6.45) is 1.78. The van der Waals surface area contributed by atoms with Crippen LogP contribution in [0.15, 0.2) is 66.7 Å². The number of benzene rings is 3. The first-order valence-corrected chi connectivity index (χ1v) is 9.84. The van der Waals surface area contributed by atoms with Crippen LogP contribution in [0.25, 0.3) is 10.8 Å². The van der Waals surface area contributed by atoms with Crippen LogP contribution in [0.5, 0.6) is 0 Å². The van der Waals surface area contributed by atoms with Crippen molar-refractivity contribution in [1.29, 1.82) is 0 Å². The number of rotatable bonds is 5. The summed E-state index contributed by atoms with van der Waals surface area (Å²) in [5.74, 6) is -0.0179. The minimum Gasteiger partial charge on any atom is -0.349 e. The average Bonchev–Trinajstić information content (AvgIpc) is 2.75. The van der Waals surface area contributed by atoms with Gasteiger partial charge >= 0.3 is 0 Å². The summed E-state index contributed by atoms with van der Waals surface area (Å²) in [5, 5.41) is 16.0. The second kappa shape index (κ2) is 8.41. The molecule has 29 heavy (non-hydrogen) atoms. The second-order valence-corrected chi connectivity index (χ2v) is 7.47. The summed E-state index contributed by atoms with van der Waals surface area (Å²) in [6.45, 7) is 2.54. The van der Waals surface area contributed by atoms with E-state index in [0.29, 0.717) is 0 Å². The molecule has 6 heteroatoms. The van der Waals surface area contributed by atoms with E-state index in [9.17, 15) is 14.9 Å². The molecule has 4 rings (SSSR count). The molecule has 0 atom stereocenters. The number of carbonyl (C=O) groups is 1. The number of likely N-dealkylation sites (tertiary alicyclic amines) is 1. The molecule has 6 nitrogen and oxygen atoms in total. The highest BCUT2D eigenvalue weighted by Crippen LogP contribution is 2.20. The van der Waals surface area contributed by atoms with Crippen molar-refractivity contribution in [2.75, 3.05) is 13.1 Å². The smallest absolute Gasteiger partial charge is 0.269 e. The van der Waals surface area contributed by atoms with Crippen molar-refractivity contribution in [3.05, 3.63) is 88.0 Å². The Kier molecular flexibility index (Phi) is 5.53. The Bertz CT molecular complexity index is 1020. The number of nitro groups is 1. The van der Waals surface area contributed by atoms with Crippen molar-refractivity contribution in [3.63, 3.8) is 0 Å². The first kappa shape index (κ1) is 19.1. The molecule has 1 aliphatic rings. The van der Waals surface area contributed by atoms with E-state index in [1.165, 1.54) is 0 Å². The van der Waals surface area contributed by atoms with E-state index in [2.05, 4.69) is 10.2 Å². The highest BCUT2D eigenvalue weighted by Gasteiger charge is 2.22. The lowest BCUT2D eigenvalue weighted by Gasteiger charge is -2.32. The molecule has 0 aromatic heterocycles. The number of hydrogen-bond donors (Lipinski definition) is 1. The minimum absolute atomic E-state index is 0.0179. The van der Waals surface area contributed by atoms with Crippen LogP contribution in [0, 0.1) is 10.1 Å². The number of nitrogens with zero attached hydrogens (tertiary/aromatic N) is 2. The van der Waals surface area contributed by atoms with E-state index in [1.54, 1.807) is 12.1 Å². The van der Waals surface area contributed by atoms with Gasteiger partial charge in [-0.2, -0.15) is 0 Å². The lowest BCUT2D eigenvalue weighted by Crippen LogP contribution is -2.44. The molecular formula is C23H23N3O3. The van der Waals surface area contributed by atoms with Crippen LogP contribution in [-0.4, -0.2) is 34.9 Å². The van der Waals surface area contributed by atoms with Crippen LogP contribution < -0.4 is 5.32 Å². The molecule has 0 spiro atoms. The van der Waals surface area contributed by atoms with Gasteiger partial charge in [0.2, 0.25) is 0 Å². The van der Waals surface area contributed by atoms with Crippen LogP contribution in [0.3, 0.4) is 0 Å². The molecule has 0 unspecified atom stereocenters. The third kappa shape index (κ3) is 4.43.